The molecule has 0 aromatic heterocycles. The fraction of sp³-hybridized carbons (Fsp3) is 0.571. The van der Waals surface area contributed by atoms with E-state index in [1.54, 1.807) is 0 Å². The normalized spacial score (nSPS) is 25.5. The van der Waals surface area contributed by atoms with Gasteiger partial charge in [-0.3, -0.25) is 0 Å². The van der Waals surface area contributed by atoms with Crippen molar-refractivity contribution in [2.45, 2.75) is 44.7 Å². The molecule has 0 spiro atoms. The van der Waals surface area contributed by atoms with E-state index in [0.717, 1.165) is 17.4 Å². The van der Waals surface area contributed by atoms with Crippen molar-refractivity contribution >= 4 is 11.6 Å². The highest BCUT2D eigenvalue weighted by molar-refractivity contribution is 6.31. The Morgan fingerprint density at radius 2 is 2.12 bits per heavy atom. The van der Waals surface area contributed by atoms with Crippen molar-refractivity contribution in [3.05, 3.63) is 34.3 Å². The van der Waals surface area contributed by atoms with Crippen molar-refractivity contribution in [2.24, 2.45) is 5.92 Å². The minimum atomic E-state index is 0.532. The highest BCUT2D eigenvalue weighted by Gasteiger charge is 2.31. The van der Waals surface area contributed by atoms with Gasteiger partial charge in [0.15, 0.2) is 0 Å². The van der Waals surface area contributed by atoms with Gasteiger partial charge in [0.1, 0.15) is 0 Å². The Kier molecular flexibility index (Phi) is 2.68. The number of benzene rings is 1. The third-order valence-electron chi connectivity index (χ3n) is 4.01. The summed E-state index contributed by atoms with van der Waals surface area (Å²) in [5.41, 5.74) is 2.80. The molecule has 0 bridgehead atoms. The lowest BCUT2D eigenvalue weighted by molar-refractivity contribution is 0.421. The Morgan fingerprint density at radius 3 is 2.88 bits per heavy atom. The van der Waals surface area contributed by atoms with E-state index in [1.165, 1.54) is 30.4 Å². The molecule has 2 unspecified atom stereocenters. The molecule has 0 radical (unpaired) electrons. The van der Waals surface area contributed by atoms with Crippen LogP contribution in [0.3, 0.4) is 0 Å². The second-order valence-electron chi connectivity index (χ2n) is 5.19. The minimum Gasteiger partial charge on any atom is -0.307 e. The van der Waals surface area contributed by atoms with Crippen molar-refractivity contribution in [3.63, 3.8) is 0 Å². The van der Waals surface area contributed by atoms with E-state index in [-0.39, 0.29) is 0 Å². The summed E-state index contributed by atoms with van der Waals surface area (Å²) < 4.78 is 0. The van der Waals surface area contributed by atoms with E-state index in [0.29, 0.717) is 12.1 Å². The first-order chi connectivity index (χ1) is 7.75. The summed E-state index contributed by atoms with van der Waals surface area (Å²) in [7, 11) is 0. The SMILES string of the molecule is CC(NC1CCc2c(Cl)cccc21)C1CC1. The van der Waals surface area contributed by atoms with Gasteiger partial charge in [-0.2, -0.15) is 0 Å². The first-order valence-corrected chi connectivity index (χ1v) is 6.67. The first-order valence-electron chi connectivity index (χ1n) is 6.29. The van der Waals surface area contributed by atoms with Crippen LogP contribution in [0.2, 0.25) is 5.02 Å². The molecule has 2 heteroatoms. The third kappa shape index (κ3) is 1.87. The van der Waals surface area contributed by atoms with Crippen LogP contribution < -0.4 is 5.32 Å². The van der Waals surface area contributed by atoms with Gasteiger partial charge >= 0.3 is 0 Å². The number of halogens is 1. The molecule has 0 amide bonds. The molecule has 1 nitrogen and oxygen atoms in total. The topological polar surface area (TPSA) is 12.0 Å². The van der Waals surface area contributed by atoms with Crippen molar-refractivity contribution in [1.82, 2.24) is 5.32 Å². The average Bonchev–Trinajstić information content (AvgIpc) is 3.04. The highest BCUT2D eigenvalue weighted by atomic mass is 35.5. The fourth-order valence-corrected chi connectivity index (χ4v) is 3.11. The minimum absolute atomic E-state index is 0.532. The van der Waals surface area contributed by atoms with E-state index >= 15 is 0 Å². The molecule has 1 fully saturated rings. The molecule has 16 heavy (non-hydrogen) atoms. The second kappa shape index (κ2) is 4.05. The van der Waals surface area contributed by atoms with Crippen LogP contribution >= 0.6 is 11.6 Å². The van der Waals surface area contributed by atoms with Crippen LogP contribution in [-0.2, 0) is 6.42 Å². The van der Waals surface area contributed by atoms with Crippen LogP contribution in [-0.4, -0.2) is 6.04 Å². The molecule has 2 aliphatic carbocycles. The van der Waals surface area contributed by atoms with Gasteiger partial charge in [0.2, 0.25) is 0 Å². The van der Waals surface area contributed by atoms with Crippen LogP contribution in [0.15, 0.2) is 18.2 Å². The lowest BCUT2D eigenvalue weighted by atomic mass is 10.1. The monoisotopic (exact) mass is 235 g/mol. The zero-order valence-electron chi connectivity index (χ0n) is 9.67. The molecule has 1 saturated carbocycles. The van der Waals surface area contributed by atoms with Gasteiger partial charge in [-0.1, -0.05) is 23.7 Å². The van der Waals surface area contributed by atoms with Gasteiger partial charge in [0.05, 0.1) is 0 Å². The molecule has 86 valence electrons. The molecule has 1 N–H and O–H groups in total. The zero-order chi connectivity index (χ0) is 11.1. The predicted molar refractivity (Wildman–Crippen MR) is 67.8 cm³/mol. The Hall–Kier alpha value is -0.530. The predicted octanol–water partition coefficient (Wildman–Crippen LogP) is 3.72. The molecule has 2 aliphatic rings. The van der Waals surface area contributed by atoms with Crippen molar-refractivity contribution in [2.75, 3.05) is 0 Å². The second-order valence-corrected chi connectivity index (χ2v) is 5.60. The summed E-state index contributed by atoms with van der Waals surface area (Å²) in [6, 6.07) is 7.50. The lowest BCUT2D eigenvalue weighted by Crippen LogP contribution is -2.30. The van der Waals surface area contributed by atoms with Gasteiger partial charge in [0, 0.05) is 17.1 Å². The third-order valence-corrected chi connectivity index (χ3v) is 4.36. The Labute approximate surface area is 102 Å². The van der Waals surface area contributed by atoms with Crippen LogP contribution in [0.4, 0.5) is 0 Å². The van der Waals surface area contributed by atoms with Gasteiger partial charge in [-0.05, 0) is 55.7 Å². The molecule has 1 aromatic carbocycles. The Bertz CT molecular complexity index is 398. The Balaban J connectivity index is 1.77. The molecule has 3 rings (SSSR count). The summed E-state index contributed by atoms with van der Waals surface area (Å²) in [5.74, 6) is 0.920. The number of hydrogen-bond acceptors (Lipinski definition) is 1. The van der Waals surface area contributed by atoms with Crippen molar-refractivity contribution in [1.29, 1.82) is 0 Å². The van der Waals surface area contributed by atoms with Gasteiger partial charge < -0.3 is 5.32 Å². The van der Waals surface area contributed by atoms with Crippen molar-refractivity contribution in [3.8, 4) is 0 Å². The maximum absolute atomic E-state index is 6.22. The standard InChI is InChI=1S/C14H18ClN/c1-9(10-5-6-10)16-14-8-7-11-12(14)3-2-4-13(11)15/h2-4,9-10,14,16H,5-8H2,1H3. The average molecular weight is 236 g/mol. The summed E-state index contributed by atoms with van der Waals surface area (Å²) in [5, 5.41) is 4.71. The summed E-state index contributed by atoms with van der Waals surface area (Å²) in [4.78, 5) is 0. The number of hydrogen-bond donors (Lipinski definition) is 1. The maximum atomic E-state index is 6.22. The molecule has 0 heterocycles. The summed E-state index contributed by atoms with van der Waals surface area (Å²) in [6.45, 7) is 2.32. The van der Waals surface area contributed by atoms with Gasteiger partial charge in [-0.25, -0.2) is 0 Å². The quantitative estimate of drug-likeness (QED) is 0.842. The lowest BCUT2D eigenvalue weighted by Gasteiger charge is -2.20. The largest absolute Gasteiger partial charge is 0.307 e. The van der Waals surface area contributed by atoms with Crippen LogP contribution in [0, 0.1) is 5.92 Å². The van der Waals surface area contributed by atoms with Crippen LogP contribution in [0.5, 0.6) is 0 Å². The highest BCUT2D eigenvalue weighted by Crippen LogP contribution is 2.38. The molecule has 2 atom stereocenters. The molecular weight excluding hydrogens is 218 g/mol. The van der Waals surface area contributed by atoms with E-state index in [9.17, 15) is 0 Å². The summed E-state index contributed by atoms with van der Waals surface area (Å²) >= 11 is 6.22. The zero-order valence-corrected chi connectivity index (χ0v) is 10.4. The fourth-order valence-electron chi connectivity index (χ4n) is 2.83. The van der Waals surface area contributed by atoms with Gasteiger partial charge in [0.25, 0.3) is 0 Å². The maximum Gasteiger partial charge on any atom is 0.0441 e. The van der Waals surface area contributed by atoms with Crippen LogP contribution in [0.1, 0.15) is 43.4 Å². The number of rotatable bonds is 3. The number of nitrogens with one attached hydrogen (secondary N) is 1. The molecule has 1 aromatic rings. The number of fused-ring (bicyclic) bond motifs is 1. The molecule has 0 saturated heterocycles. The molecule has 0 aliphatic heterocycles. The van der Waals surface area contributed by atoms with Crippen LogP contribution in [0.25, 0.3) is 0 Å². The molecular formula is C14H18ClN. The van der Waals surface area contributed by atoms with E-state index in [2.05, 4.69) is 24.4 Å². The summed E-state index contributed by atoms with van der Waals surface area (Å²) in [6.07, 6.45) is 5.15. The smallest absolute Gasteiger partial charge is 0.0441 e. The Morgan fingerprint density at radius 1 is 1.31 bits per heavy atom. The van der Waals surface area contributed by atoms with Crippen molar-refractivity contribution < 1.29 is 0 Å². The van der Waals surface area contributed by atoms with Gasteiger partial charge in [-0.15, -0.1) is 0 Å². The van der Waals surface area contributed by atoms with E-state index in [4.69, 9.17) is 11.6 Å². The first kappa shape index (κ1) is 10.6. The van der Waals surface area contributed by atoms with E-state index in [1.807, 2.05) is 6.07 Å². The van der Waals surface area contributed by atoms with E-state index < -0.39 is 0 Å².